The zero-order valence-corrected chi connectivity index (χ0v) is 22.8. The van der Waals surface area contributed by atoms with Gasteiger partial charge in [-0.05, 0) is 60.7 Å². The van der Waals surface area contributed by atoms with E-state index in [0.717, 1.165) is 41.0 Å². The maximum Gasteiger partial charge on any atom is 0.243 e. The van der Waals surface area contributed by atoms with E-state index in [2.05, 4.69) is 12.2 Å². The summed E-state index contributed by atoms with van der Waals surface area (Å²) in [6.45, 7) is 5.51. The Morgan fingerprint density at radius 3 is 2.26 bits per heavy atom. The number of aryl methyl sites for hydroxylation is 1. The Bertz CT molecular complexity index is 1130. The summed E-state index contributed by atoms with van der Waals surface area (Å²) in [5.41, 5.74) is 3.15. The molecule has 1 atom stereocenters. The number of ether oxygens (including phenoxy) is 2. The molecule has 0 aromatic heterocycles. The largest absolute Gasteiger partial charge is 0.497 e. The first-order chi connectivity index (χ1) is 18.5. The lowest BCUT2D eigenvalue weighted by molar-refractivity contribution is -0.141. The molecule has 0 saturated heterocycles. The first-order valence-electron chi connectivity index (χ1n) is 13.4. The standard InChI is InChI=1S/C32H40N2O4/c1-4-5-21-33-32(36)30(23-26-13-7-6-8-14-26)34(24-27-15-10-9-12-25(27)2)31(35)16-11-22-38-29-19-17-28(37-3)18-20-29/h6-10,12-15,17-20,30H,4-5,11,16,21-24H2,1-3H3,(H,33,36). The third-order valence-corrected chi connectivity index (χ3v) is 6.57. The zero-order chi connectivity index (χ0) is 27.2. The van der Waals surface area contributed by atoms with Crippen molar-refractivity contribution in [3.63, 3.8) is 0 Å². The summed E-state index contributed by atoms with van der Waals surface area (Å²) in [7, 11) is 1.62. The minimum atomic E-state index is -0.608. The summed E-state index contributed by atoms with van der Waals surface area (Å²) in [5, 5.41) is 3.07. The van der Waals surface area contributed by atoms with E-state index in [9.17, 15) is 9.59 Å². The van der Waals surface area contributed by atoms with Crippen LogP contribution in [-0.4, -0.2) is 43.0 Å². The Kier molecular flexibility index (Phi) is 11.7. The minimum absolute atomic E-state index is 0.0573. The number of benzene rings is 3. The van der Waals surface area contributed by atoms with Gasteiger partial charge in [0, 0.05) is 25.9 Å². The Hall–Kier alpha value is -3.80. The maximum atomic E-state index is 13.7. The SMILES string of the molecule is CCCCNC(=O)C(Cc1ccccc1)N(Cc1ccccc1C)C(=O)CCCOc1ccc(OC)cc1. The monoisotopic (exact) mass is 516 g/mol. The van der Waals surface area contributed by atoms with Crippen molar-refractivity contribution < 1.29 is 19.1 Å². The topological polar surface area (TPSA) is 67.9 Å². The number of rotatable bonds is 15. The van der Waals surface area contributed by atoms with Crippen LogP contribution < -0.4 is 14.8 Å². The Morgan fingerprint density at radius 2 is 1.58 bits per heavy atom. The fraction of sp³-hybridized carbons (Fsp3) is 0.375. The third-order valence-electron chi connectivity index (χ3n) is 6.57. The van der Waals surface area contributed by atoms with E-state index in [-0.39, 0.29) is 18.2 Å². The van der Waals surface area contributed by atoms with Crippen molar-refractivity contribution in [3.8, 4) is 11.5 Å². The number of carbonyl (C=O) groups is 2. The summed E-state index contributed by atoms with van der Waals surface area (Å²) in [6.07, 6.45) is 3.18. The average Bonchev–Trinajstić information content (AvgIpc) is 2.94. The molecular weight excluding hydrogens is 476 g/mol. The Labute approximate surface area is 227 Å². The number of nitrogens with zero attached hydrogens (tertiary/aromatic N) is 1. The molecule has 3 aromatic rings. The van der Waals surface area contributed by atoms with Crippen LogP contribution in [0.5, 0.6) is 11.5 Å². The molecule has 0 heterocycles. The van der Waals surface area contributed by atoms with Crippen molar-refractivity contribution in [1.29, 1.82) is 0 Å². The molecule has 0 fully saturated rings. The quantitative estimate of drug-likeness (QED) is 0.262. The lowest BCUT2D eigenvalue weighted by Crippen LogP contribution is -2.50. The normalized spacial score (nSPS) is 11.4. The summed E-state index contributed by atoms with van der Waals surface area (Å²) in [6, 6.07) is 24.7. The molecular formula is C32H40N2O4. The van der Waals surface area contributed by atoms with E-state index in [1.165, 1.54) is 0 Å². The second-order valence-electron chi connectivity index (χ2n) is 9.43. The van der Waals surface area contributed by atoms with E-state index in [4.69, 9.17) is 9.47 Å². The molecule has 6 nitrogen and oxygen atoms in total. The summed E-state index contributed by atoms with van der Waals surface area (Å²) in [5.74, 6) is 1.32. The molecule has 3 aromatic carbocycles. The van der Waals surface area contributed by atoms with Gasteiger partial charge in [0.2, 0.25) is 11.8 Å². The molecule has 0 aliphatic heterocycles. The molecule has 0 saturated carbocycles. The van der Waals surface area contributed by atoms with E-state index >= 15 is 0 Å². The maximum absolute atomic E-state index is 13.7. The molecule has 0 bridgehead atoms. The van der Waals surface area contributed by atoms with E-state index in [1.807, 2.05) is 85.8 Å². The number of hydrogen-bond donors (Lipinski definition) is 1. The van der Waals surface area contributed by atoms with Crippen molar-refractivity contribution in [2.24, 2.45) is 0 Å². The third kappa shape index (κ3) is 8.94. The second kappa shape index (κ2) is 15.5. The van der Waals surface area contributed by atoms with Crippen molar-refractivity contribution in [1.82, 2.24) is 10.2 Å². The number of nitrogens with one attached hydrogen (secondary N) is 1. The predicted molar refractivity (Wildman–Crippen MR) is 151 cm³/mol. The van der Waals surface area contributed by atoms with Gasteiger partial charge in [-0.3, -0.25) is 9.59 Å². The Balaban J connectivity index is 1.76. The van der Waals surface area contributed by atoms with Gasteiger partial charge >= 0.3 is 0 Å². The van der Waals surface area contributed by atoms with Crippen LogP contribution in [-0.2, 0) is 22.6 Å². The molecule has 0 radical (unpaired) electrons. The van der Waals surface area contributed by atoms with Crippen LogP contribution in [0.1, 0.15) is 49.3 Å². The van der Waals surface area contributed by atoms with Crippen LogP contribution in [0.15, 0.2) is 78.9 Å². The Morgan fingerprint density at radius 1 is 0.895 bits per heavy atom. The predicted octanol–water partition coefficient (Wildman–Crippen LogP) is 5.72. The summed E-state index contributed by atoms with van der Waals surface area (Å²) in [4.78, 5) is 28.9. The molecule has 6 heteroatoms. The van der Waals surface area contributed by atoms with Gasteiger partial charge < -0.3 is 19.7 Å². The van der Waals surface area contributed by atoms with Gasteiger partial charge in [-0.1, -0.05) is 67.9 Å². The highest BCUT2D eigenvalue weighted by Gasteiger charge is 2.30. The van der Waals surface area contributed by atoms with E-state index < -0.39 is 6.04 Å². The minimum Gasteiger partial charge on any atom is -0.497 e. The molecule has 38 heavy (non-hydrogen) atoms. The number of amides is 2. The van der Waals surface area contributed by atoms with Crippen molar-refractivity contribution in [2.45, 2.75) is 58.5 Å². The van der Waals surface area contributed by atoms with Crippen molar-refractivity contribution in [3.05, 3.63) is 95.6 Å². The fourth-order valence-electron chi connectivity index (χ4n) is 4.26. The lowest BCUT2D eigenvalue weighted by Gasteiger charge is -2.32. The second-order valence-corrected chi connectivity index (χ2v) is 9.43. The molecule has 1 N–H and O–H groups in total. The van der Waals surface area contributed by atoms with E-state index in [1.54, 1.807) is 12.0 Å². The fourth-order valence-corrected chi connectivity index (χ4v) is 4.26. The van der Waals surface area contributed by atoms with Gasteiger partial charge in [0.05, 0.1) is 13.7 Å². The van der Waals surface area contributed by atoms with Crippen LogP contribution in [0.3, 0.4) is 0 Å². The van der Waals surface area contributed by atoms with Gasteiger partial charge in [0.25, 0.3) is 0 Å². The van der Waals surface area contributed by atoms with Crippen molar-refractivity contribution in [2.75, 3.05) is 20.3 Å². The van der Waals surface area contributed by atoms with Crippen molar-refractivity contribution >= 4 is 11.8 Å². The molecule has 1 unspecified atom stereocenters. The van der Waals surface area contributed by atoms with Gasteiger partial charge in [-0.2, -0.15) is 0 Å². The highest BCUT2D eigenvalue weighted by Crippen LogP contribution is 2.20. The molecule has 0 aliphatic rings. The molecule has 0 spiro atoms. The van der Waals surface area contributed by atoms with Gasteiger partial charge in [-0.25, -0.2) is 0 Å². The lowest BCUT2D eigenvalue weighted by atomic mass is 10.0. The van der Waals surface area contributed by atoms with Gasteiger partial charge in [-0.15, -0.1) is 0 Å². The van der Waals surface area contributed by atoms with Gasteiger partial charge in [0.15, 0.2) is 0 Å². The highest BCUT2D eigenvalue weighted by molar-refractivity contribution is 5.88. The van der Waals surface area contributed by atoms with Crippen LogP contribution in [0.2, 0.25) is 0 Å². The molecule has 0 aliphatic carbocycles. The summed E-state index contributed by atoms with van der Waals surface area (Å²) >= 11 is 0. The molecule has 3 rings (SSSR count). The van der Waals surface area contributed by atoms with Gasteiger partial charge in [0.1, 0.15) is 17.5 Å². The summed E-state index contributed by atoms with van der Waals surface area (Å²) < 4.78 is 11.0. The smallest absolute Gasteiger partial charge is 0.243 e. The van der Waals surface area contributed by atoms with Crippen LogP contribution >= 0.6 is 0 Å². The molecule has 202 valence electrons. The number of unbranched alkanes of at least 4 members (excludes halogenated alkanes) is 1. The number of hydrogen-bond acceptors (Lipinski definition) is 4. The van der Waals surface area contributed by atoms with E-state index in [0.29, 0.717) is 32.5 Å². The first-order valence-corrected chi connectivity index (χ1v) is 13.4. The molecule has 2 amide bonds. The zero-order valence-electron chi connectivity index (χ0n) is 22.8. The first kappa shape index (κ1) is 28.8. The number of methoxy groups -OCH3 is 1. The van der Waals surface area contributed by atoms with Crippen LogP contribution in [0.25, 0.3) is 0 Å². The van der Waals surface area contributed by atoms with Crippen LogP contribution in [0, 0.1) is 6.92 Å². The highest BCUT2D eigenvalue weighted by atomic mass is 16.5. The number of carbonyl (C=O) groups excluding carboxylic acids is 2. The van der Waals surface area contributed by atoms with Crippen LogP contribution in [0.4, 0.5) is 0 Å². The average molecular weight is 517 g/mol.